The minimum absolute atomic E-state index is 0.0887. The Balaban J connectivity index is 1.43. The van der Waals surface area contributed by atoms with Crippen molar-refractivity contribution >= 4 is 23.3 Å². The Morgan fingerprint density at radius 2 is 2.14 bits per heavy atom. The summed E-state index contributed by atoms with van der Waals surface area (Å²) >= 11 is 1.63. The maximum atomic E-state index is 12.1. The zero-order valence-corrected chi connectivity index (χ0v) is 13.0. The van der Waals surface area contributed by atoms with Crippen molar-refractivity contribution in [3.8, 4) is 0 Å². The molecule has 0 radical (unpaired) electrons. The van der Waals surface area contributed by atoms with Gasteiger partial charge < -0.3 is 10.0 Å². The van der Waals surface area contributed by atoms with Crippen molar-refractivity contribution in [2.75, 3.05) is 32.7 Å². The van der Waals surface area contributed by atoms with Crippen molar-refractivity contribution in [1.29, 1.82) is 0 Å². The van der Waals surface area contributed by atoms with E-state index in [9.17, 15) is 9.90 Å². The van der Waals surface area contributed by atoms with Crippen molar-refractivity contribution in [3.05, 3.63) is 28.5 Å². The van der Waals surface area contributed by atoms with Gasteiger partial charge in [0.25, 0.3) is 0 Å². The van der Waals surface area contributed by atoms with Gasteiger partial charge in [0.05, 0.1) is 6.10 Å². The second-order valence-corrected chi connectivity index (χ2v) is 6.86. The van der Waals surface area contributed by atoms with E-state index in [-0.39, 0.29) is 12.0 Å². The maximum Gasteiger partial charge on any atom is 0.246 e. The van der Waals surface area contributed by atoms with Gasteiger partial charge in [-0.2, -0.15) is 0 Å². The van der Waals surface area contributed by atoms with Crippen LogP contribution in [0.3, 0.4) is 0 Å². The highest BCUT2D eigenvalue weighted by Gasteiger charge is 2.31. The van der Waals surface area contributed by atoms with Gasteiger partial charge in [0.1, 0.15) is 0 Å². The van der Waals surface area contributed by atoms with E-state index in [2.05, 4.69) is 4.90 Å². The molecule has 1 unspecified atom stereocenters. The molecule has 1 amide bonds. The van der Waals surface area contributed by atoms with E-state index in [1.165, 1.54) is 12.8 Å². The zero-order chi connectivity index (χ0) is 14.7. The van der Waals surface area contributed by atoms with Crippen LogP contribution >= 0.6 is 11.3 Å². The van der Waals surface area contributed by atoms with Crippen LogP contribution in [0.15, 0.2) is 23.6 Å². The fourth-order valence-electron chi connectivity index (χ4n) is 2.69. The molecule has 1 atom stereocenters. The number of carbonyl (C=O) groups excluding carboxylic acids is 1. The van der Waals surface area contributed by atoms with Crippen molar-refractivity contribution < 1.29 is 9.90 Å². The van der Waals surface area contributed by atoms with Crippen molar-refractivity contribution in [2.24, 2.45) is 5.92 Å². The van der Waals surface area contributed by atoms with Gasteiger partial charge in [0.15, 0.2) is 0 Å². The Morgan fingerprint density at radius 3 is 2.76 bits per heavy atom. The van der Waals surface area contributed by atoms with Crippen LogP contribution in [0.25, 0.3) is 6.08 Å². The fourth-order valence-corrected chi connectivity index (χ4v) is 3.31. The first kappa shape index (κ1) is 14.8. The second kappa shape index (κ2) is 6.73. The molecule has 4 nitrogen and oxygen atoms in total. The van der Waals surface area contributed by atoms with Crippen LogP contribution in [0, 0.1) is 5.92 Å². The quantitative estimate of drug-likeness (QED) is 0.842. The van der Waals surface area contributed by atoms with Crippen LogP contribution < -0.4 is 0 Å². The van der Waals surface area contributed by atoms with Gasteiger partial charge in [-0.05, 0) is 36.3 Å². The van der Waals surface area contributed by atoms with E-state index in [0.29, 0.717) is 5.92 Å². The number of rotatable bonds is 5. The number of hydrogen-bond acceptors (Lipinski definition) is 4. The fraction of sp³-hybridized carbons (Fsp3) is 0.562. The molecule has 0 spiro atoms. The number of amides is 1. The zero-order valence-electron chi connectivity index (χ0n) is 12.1. The molecule has 2 heterocycles. The third-order valence-electron chi connectivity index (χ3n) is 4.23. The number of thiophene rings is 1. The van der Waals surface area contributed by atoms with Crippen LogP contribution in [0.4, 0.5) is 0 Å². The molecule has 1 saturated carbocycles. The Labute approximate surface area is 129 Å². The van der Waals surface area contributed by atoms with Crippen LogP contribution in [0.2, 0.25) is 0 Å². The molecule has 3 rings (SSSR count). The lowest BCUT2D eigenvalue weighted by molar-refractivity contribution is -0.127. The number of β-amino-alcohol motifs (C(OH)–C–C–N with tert-alkyl or cyclic N) is 1. The number of carbonyl (C=O) groups is 1. The lowest BCUT2D eigenvalue weighted by Gasteiger charge is -2.35. The van der Waals surface area contributed by atoms with E-state index in [4.69, 9.17) is 0 Å². The minimum Gasteiger partial charge on any atom is -0.392 e. The molecule has 1 saturated heterocycles. The first-order chi connectivity index (χ1) is 10.2. The summed E-state index contributed by atoms with van der Waals surface area (Å²) in [4.78, 5) is 17.4. The molecule has 114 valence electrons. The molecule has 5 heteroatoms. The summed E-state index contributed by atoms with van der Waals surface area (Å²) in [7, 11) is 0. The van der Waals surface area contributed by atoms with Crippen molar-refractivity contribution in [1.82, 2.24) is 9.80 Å². The van der Waals surface area contributed by atoms with Gasteiger partial charge in [0.2, 0.25) is 5.91 Å². The molecule has 0 bridgehead atoms. The van der Waals surface area contributed by atoms with Crippen LogP contribution in [-0.4, -0.2) is 59.6 Å². The highest BCUT2D eigenvalue weighted by Crippen LogP contribution is 2.32. The standard InChI is InChI=1S/C16H22N2O2S/c19-15(13-3-4-13)12-17-7-9-18(10-8-17)16(20)6-5-14-2-1-11-21-14/h1-2,5-6,11,13,15,19H,3-4,7-10,12H2. The molecule has 1 N–H and O–H groups in total. The molecule has 2 aliphatic rings. The monoisotopic (exact) mass is 306 g/mol. The molecule has 1 aliphatic carbocycles. The molecule has 2 fully saturated rings. The third kappa shape index (κ3) is 4.15. The van der Waals surface area contributed by atoms with Gasteiger partial charge >= 0.3 is 0 Å². The number of aliphatic hydroxyl groups excluding tert-OH is 1. The van der Waals surface area contributed by atoms with Gasteiger partial charge in [-0.15, -0.1) is 11.3 Å². The third-order valence-corrected chi connectivity index (χ3v) is 5.07. The smallest absolute Gasteiger partial charge is 0.246 e. The molecule has 21 heavy (non-hydrogen) atoms. The topological polar surface area (TPSA) is 43.8 Å². The molecule has 1 aromatic heterocycles. The Bertz CT molecular complexity index is 488. The average Bonchev–Trinajstić information content (AvgIpc) is 3.23. The Morgan fingerprint density at radius 1 is 1.38 bits per heavy atom. The minimum atomic E-state index is -0.175. The van der Waals surface area contributed by atoms with Gasteiger partial charge in [0, 0.05) is 43.7 Å². The van der Waals surface area contributed by atoms with Crippen molar-refractivity contribution in [2.45, 2.75) is 18.9 Å². The highest BCUT2D eigenvalue weighted by atomic mass is 32.1. The maximum absolute atomic E-state index is 12.1. The van der Waals surface area contributed by atoms with Crippen LogP contribution in [0.1, 0.15) is 17.7 Å². The molecule has 1 aromatic rings. The predicted octanol–water partition coefficient (Wildman–Crippen LogP) is 1.68. The summed E-state index contributed by atoms with van der Waals surface area (Å²) in [6.45, 7) is 4.00. The summed E-state index contributed by atoms with van der Waals surface area (Å²) in [6, 6.07) is 3.99. The number of aliphatic hydroxyl groups is 1. The van der Waals surface area contributed by atoms with E-state index in [1.54, 1.807) is 17.4 Å². The summed E-state index contributed by atoms with van der Waals surface area (Å²) in [5, 5.41) is 12.0. The first-order valence-electron chi connectivity index (χ1n) is 7.63. The lowest BCUT2D eigenvalue weighted by atomic mass is 10.2. The van der Waals surface area contributed by atoms with E-state index in [1.807, 2.05) is 28.5 Å². The normalized spacial score (nSPS) is 21.9. The van der Waals surface area contributed by atoms with E-state index < -0.39 is 0 Å². The summed E-state index contributed by atoms with van der Waals surface area (Å²) < 4.78 is 0. The van der Waals surface area contributed by atoms with Gasteiger partial charge in [-0.3, -0.25) is 9.69 Å². The highest BCUT2D eigenvalue weighted by molar-refractivity contribution is 7.10. The van der Waals surface area contributed by atoms with Gasteiger partial charge in [-0.1, -0.05) is 6.07 Å². The molecular formula is C16H22N2O2S. The first-order valence-corrected chi connectivity index (χ1v) is 8.51. The molecule has 0 aromatic carbocycles. The Hall–Kier alpha value is -1.17. The predicted molar refractivity (Wildman–Crippen MR) is 85.1 cm³/mol. The lowest BCUT2D eigenvalue weighted by Crippen LogP contribution is -2.50. The Kier molecular flexibility index (Phi) is 4.73. The van der Waals surface area contributed by atoms with E-state index in [0.717, 1.165) is 37.6 Å². The average molecular weight is 306 g/mol. The van der Waals surface area contributed by atoms with Crippen LogP contribution in [0.5, 0.6) is 0 Å². The number of nitrogens with zero attached hydrogens (tertiary/aromatic N) is 2. The largest absolute Gasteiger partial charge is 0.392 e. The number of piperazine rings is 1. The molecule has 1 aliphatic heterocycles. The second-order valence-electron chi connectivity index (χ2n) is 5.88. The van der Waals surface area contributed by atoms with Crippen LogP contribution in [-0.2, 0) is 4.79 Å². The number of hydrogen-bond donors (Lipinski definition) is 1. The summed E-state index contributed by atoms with van der Waals surface area (Å²) in [5.41, 5.74) is 0. The molecular weight excluding hydrogens is 284 g/mol. The summed E-state index contributed by atoms with van der Waals surface area (Å²) in [6.07, 6.45) is 5.72. The van der Waals surface area contributed by atoms with Gasteiger partial charge in [-0.25, -0.2) is 0 Å². The SMILES string of the molecule is O=C(C=Cc1cccs1)N1CCN(CC(O)C2CC2)CC1. The van der Waals surface area contributed by atoms with E-state index >= 15 is 0 Å². The van der Waals surface area contributed by atoms with Crippen molar-refractivity contribution in [3.63, 3.8) is 0 Å². The summed E-state index contributed by atoms with van der Waals surface area (Å²) in [5.74, 6) is 0.615.